The summed E-state index contributed by atoms with van der Waals surface area (Å²) >= 11 is 0. The number of rotatable bonds is 4. The molecule has 0 aliphatic rings. The number of nitrogen functional groups attached to an aromatic ring is 1. The summed E-state index contributed by atoms with van der Waals surface area (Å²) in [6.07, 6.45) is -1.95. The summed E-state index contributed by atoms with van der Waals surface area (Å²) in [6.45, 7) is 0.850. The molecule has 2 aromatic carbocycles. The van der Waals surface area contributed by atoms with E-state index in [4.69, 9.17) is 5.73 Å². The van der Waals surface area contributed by atoms with Gasteiger partial charge < -0.3 is 11.1 Å². The first kappa shape index (κ1) is 20.2. The molecule has 9 heteroatoms. The molecule has 0 radical (unpaired) electrons. The van der Waals surface area contributed by atoms with Crippen LogP contribution in [0.25, 0.3) is 22.4 Å². The number of benzene rings is 2. The van der Waals surface area contributed by atoms with Gasteiger partial charge >= 0.3 is 6.18 Å². The highest BCUT2D eigenvalue weighted by molar-refractivity contribution is 6.01. The zero-order valence-corrected chi connectivity index (χ0v) is 15.2. The molecule has 1 heterocycles. The van der Waals surface area contributed by atoms with Crippen molar-refractivity contribution in [3.8, 4) is 22.4 Å². The second-order valence-electron chi connectivity index (χ2n) is 6.30. The molecular formula is C20H16F4N4O. The monoisotopic (exact) mass is 404 g/mol. The maximum atomic E-state index is 14.7. The van der Waals surface area contributed by atoms with E-state index in [0.29, 0.717) is 11.1 Å². The van der Waals surface area contributed by atoms with Gasteiger partial charge in [-0.15, -0.1) is 0 Å². The number of anilines is 1. The Morgan fingerprint density at radius 2 is 1.79 bits per heavy atom. The van der Waals surface area contributed by atoms with Gasteiger partial charge in [-0.3, -0.25) is 9.78 Å². The average molecular weight is 404 g/mol. The fraction of sp³-hybridized carbons (Fsp3) is 0.150. The summed E-state index contributed by atoms with van der Waals surface area (Å²) < 4.78 is 52.9. The summed E-state index contributed by atoms with van der Waals surface area (Å²) in [4.78, 5) is 20.2. The Morgan fingerprint density at radius 3 is 2.41 bits per heavy atom. The number of hydrogen-bond donors (Lipinski definition) is 2. The number of carbonyl (C=O) groups is 1. The quantitative estimate of drug-likeness (QED) is 0.639. The molecular weight excluding hydrogens is 388 g/mol. The molecule has 0 saturated carbocycles. The van der Waals surface area contributed by atoms with E-state index in [1.807, 2.05) is 5.32 Å². The van der Waals surface area contributed by atoms with E-state index in [2.05, 4.69) is 9.97 Å². The third kappa shape index (κ3) is 4.50. The van der Waals surface area contributed by atoms with Crippen LogP contribution < -0.4 is 11.1 Å². The van der Waals surface area contributed by atoms with Crippen molar-refractivity contribution in [2.75, 3.05) is 5.73 Å². The molecule has 150 valence electrons. The van der Waals surface area contributed by atoms with Crippen LogP contribution in [0, 0.1) is 5.82 Å². The third-order valence-corrected chi connectivity index (χ3v) is 4.24. The highest BCUT2D eigenvalue weighted by atomic mass is 19.4. The van der Waals surface area contributed by atoms with Crippen LogP contribution in [-0.4, -0.2) is 28.1 Å². The number of alkyl halides is 3. The minimum atomic E-state index is -4.57. The van der Waals surface area contributed by atoms with Crippen molar-refractivity contribution in [2.45, 2.75) is 19.1 Å². The molecule has 0 unspecified atom stereocenters. The number of nitrogens with two attached hydrogens (primary N) is 1. The van der Waals surface area contributed by atoms with Crippen LogP contribution in [0.5, 0.6) is 0 Å². The summed E-state index contributed by atoms with van der Waals surface area (Å²) in [6, 6.07) is 8.21. The number of amides is 1. The van der Waals surface area contributed by atoms with Crippen molar-refractivity contribution in [3.63, 3.8) is 0 Å². The molecule has 3 N–H and O–H groups in total. The van der Waals surface area contributed by atoms with Crippen LogP contribution in [0.1, 0.15) is 17.3 Å². The molecule has 0 spiro atoms. The van der Waals surface area contributed by atoms with Gasteiger partial charge in [-0.1, -0.05) is 24.3 Å². The van der Waals surface area contributed by atoms with Gasteiger partial charge in [0.2, 0.25) is 0 Å². The molecule has 3 aromatic rings. The van der Waals surface area contributed by atoms with Gasteiger partial charge in [0, 0.05) is 11.1 Å². The van der Waals surface area contributed by atoms with Crippen molar-refractivity contribution < 1.29 is 22.4 Å². The summed E-state index contributed by atoms with van der Waals surface area (Å²) in [5.41, 5.74) is 6.56. The first-order valence-electron chi connectivity index (χ1n) is 8.51. The fourth-order valence-electron chi connectivity index (χ4n) is 2.66. The fourth-order valence-corrected chi connectivity index (χ4v) is 2.66. The molecule has 29 heavy (non-hydrogen) atoms. The van der Waals surface area contributed by atoms with Gasteiger partial charge in [0.25, 0.3) is 5.91 Å². The van der Waals surface area contributed by atoms with E-state index in [0.717, 1.165) is 6.92 Å². The van der Waals surface area contributed by atoms with E-state index in [1.165, 1.54) is 42.7 Å². The molecule has 0 bridgehead atoms. The van der Waals surface area contributed by atoms with Gasteiger partial charge in [0.15, 0.2) is 0 Å². The zero-order valence-electron chi connectivity index (χ0n) is 15.2. The molecule has 0 aliphatic carbocycles. The van der Waals surface area contributed by atoms with Gasteiger partial charge in [-0.25, -0.2) is 9.37 Å². The van der Waals surface area contributed by atoms with Crippen molar-refractivity contribution in [3.05, 3.63) is 66.2 Å². The average Bonchev–Trinajstić information content (AvgIpc) is 2.68. The van der Waals surface area contributed by atoms with Crippen molar-refractivity contribution in [2.24, 2.45) is 0 Å². The maximum Gasteiger partial charge on any atom is 0.408 e. The van der Waals surface area contributed by atoms with Crippen molar-refractivity contribution in [1.82, 2.24) is 15.3 Å². The van der Waals surface area contributed by atoms with Crippen LogP contribution in [-0.2, 0) is 0 Å². The Balaban J connectivity index is 1.95. The van der Waals surface area contributed by atoms with E-state index in [-0.39, 0.29) is 22.6 Å². The minimum Gasteiger partial charge on any atom is -0.382 e. The maximum absolute atomic E-state index is 14.7. The predicted octanol–water partition coefficient (Wildman–Crippen LogP) is 4.21. The van der Waals surface area contributed by atoms with Crippen LogP contribution in [0.15, 0.2) is 54.9 Å². The highest BCUT2D eigenvalue weighted by Gasteiger charge is 2.37. The standard InChI is InChI=1S/C20H16F4N4O/c1-11(20(22,23)24)28-19(29)14-5-3-2-4-13(14)12-6-7-15(16(21)8-12)17-9-27-18(25)10-26-17/h2-11H,1H3,(H2,25,27)(H,28,29)/t11-/m0/s1. The summed E-state index contributed by atoms with van der Waals surface area (Å²) in [5.74, 6) is -1.33. The van der Waals surface area contributed by atoms with Crippen LogP contribution in [0.2, 0.25) is 0 Å². The zero-order chi connectivity index (χ0) is 21.2. The lowest BCUT2D eigenvalue weighted by molar-refractivity contribution is -0.149. The Morgan fingerprint density at radius 1 is 1.07 bits per heavy atom. The lowest BCUT2D eigenvalue weighted by Crippen LogP contribution is -2.43. The van der Waals surface area contributed by atoms with Gasteiger partial charge in [0.05, 0.1) is 18.1 Å². The van der Waals surface area contributed by atoms with E-state index in [9.17, 15) is 22.4 Å². The molecule has 0 fully saturated rings. The highest BCUT2D eigenvalue weighted by Crippen LogP contribution is 2.29. The first-order valence-corrected chi connectivity index (χ1v) is 8.51. The largest absolute Gasteiger partial charge is 0.408 e. The topological polar surface area (TPSA) is 80.9 Å². The van der Waals surface area contributed by atoms with Crippen LogP contribution >= 0.6 is 0 Å². The molecule has 1 amide bonds. The number of hydrogen-bond acceptors (Lipinski definition) is 4. The third-order valence-electron chi connectivity index (χ3n) is 4.24. The SMILES string of the molecule is C[C@H](NC(=O)c1ccccc1-c1ccc(-c2cnc(N)cn2)c(F)c1)C(F)(F)F. The lowest BCUT2D eigenvalue weighted by atomic mass is 9.97. The number of nitrogens with zero attached hydrogens (tertiary/aromatic N) is 2. The Kier molecular flexibility index (Phi) is 5.49. The molecule has 0 aliphatic heterocycles. The van der Waals surface area contributed by atoms with Gasteiger partial charge in [0.1, 0.15) is 17.7 Å². The van der Waals surface area contributed by atoms with Crippen LogP contribution in [0.4, 0.5) is 23.4 Å². The second-order valence-corrected chi connectivity index (χ2v) is 6.30. The molecule has 5 nitrogen and oxygen atoms in total. The van der Waals surface area contributed by atoms with E-state index in [1.54, 1.807) is 12.1 Å². The number of nitrogens with one attached hydrogen (secondary N) is 1. The minimum absolute atomic E-state index is 0.00280. The van der Waals surface area contributed by atoms with Gasteiger partial charge in [-0.05, 0) is 36.2 Å². The second kappa shape index (κ2) is 7.86. The van der Waals surface area contributed by atoms with Crippen molar-refractivity contribution >= 4 is 11.7 Å². The van der Waals surface area contributed by atoms with E-state index >= 15 is 0 Å². The molecule has 1 atom stereocenters. The van der Waals surface area contributed by atoms with E-state index < -0.39 is 23.9 Å². The smallest absolute Gasteiger partial charge is 0.382 e. The first-order chi connectivity index (χ1) is 13.7. The van der Waals surface area contributed by atoms with Crippen molar-refractivity contribution in [1.29, 1.82) is 0 Å². The Labute approximate surface area is 163 Å². The number of aromatic nitrogens is 2. The predicted molar refractivity (Wildman–Crippen MR) is 100 cm³/mol. The summed E-state index contributed by atoms with van der Waals surface area (Å²) in [7, 11) is 0. The molecule has 3 rings (SSSR count). The molecule has 1 aromatic heterocycles. The number of halogens is 4. The molecule has 0 saturated heterocycles. The summed E-state index contributed by atoms with van der Waals surface area (Å²) in [5, 5.41) is 1.92. The number of carbonyl (C=O) groups excluding carboxylic acids is 1. The normalized spacial score (nSPS) is 12.4. The van der Waals surface area contributed by atoms with Gasteiger partial charge in [-0.2, -0.15) is 13.2 Å². The Bertz CT molecular complexity index is 1040. The van der Waals surface area contributed by atoms with Crippen LogP contribution in [0.3, 0.4) is 0 Å². The Hall–Kier alpha value is -3.49. The lowest BCUT2D eigenvalue weighted by Gasteiger charge is -2.18.